The Morgan fingerprint density at radius 1 is 0.870 bits per heavy atom. The average molecular weight is 745 g/mol. The van der Waals surface area contributed by atoms with Crippen molar-refractivity contribution in [1.29, 1.82) is 0 Å². The maximum Gasteiger partial charge on any atom is 0.490 e. The molecule has 0 amide bonds. The second-order valence-electron chi connectivity index (χ2n) is 9.81. The van der Waals surface area contributed by atoms with E-state index in [-0.39, 0.29) is 24.1 Å². The summed E-state index contributed by atoms with van der Waals surface area (Å²) >= 11 is 0. The number of hydrogen-bond donors (Lipinski definition) is 10. The van der Waals surface area contributed by atoms with Gasteiger partial charge in [0.2, 0.25) is 5.95 Å². The number of rotatable bonds is 13. The topological polar surface area (TPSA) is 373 Å². The van der Waals surface area contributed by atoms with Crippen LogP contribution in [0.15, 0.2) is 4.79 Å². The van der Waals surface area contributed by atoms with Crippen LogP contribution in [0.3, 0.4) is 0 Å². The van der Waals surface area contributed by atoms with Gasteiger partial charge in [-0.1, -0.05) is 0 Å². The lowest BCUT2D eigenvalue weighted by Gasteiger charge is -2.27. The molecular weight excluding hydrogens is 717 g/mol. The zero-order chi connectivity index (χ0) is 34.6. The molecule has 2 fully saturated rings. The molecule has 30 heteroatoms. The lowest BCUT2D eigenvalue weighted by Crippen LogP contribution is -2.45. The molecule has 11 N–H and O–H groups in total. The molecule has 0 aliphatic carbocycles. The minimum atomic E-state index is -6.16. The third-order valence-corrected chi connectivity index (χ3v) is 12.3. The molecule has 4 heterocycles. The van der Waals surface area contributed by atoms with Crippen molar-refractivity contribution < 1.29 is 89.7 Å². The number of nitrogens with two attached hydrogens (primary N) is 1. The van der Waals surface area contributed by atoms with E-state index in [4.69, 9.17) is 23.1 Å². The van der Waals surface area contributed by atoms with Crippen molar-refractivity contribution in [2.24, 2.45) is 0 Å². The Bertz CT molecular complexity index is 1550. The maximum atomic E-state index is 12.3. The molecule has 4 rings (SSSR count). The van der Waals surface area contributed by atoms with E-state index in [2.05, 4.69) is 31.9 Å². The summed E-state index contributed by atoms with van der Waals surface area (Å²) in [7, 11) is -16.9. The zero-order valence-electron chi connectivity index (χ0n) is 23.0. The van der Waals surface area contributed by atoms with E-state index >= 15 is 0 Å². The number of fused-ring (bicyclic) bond motifs is 1. The molecule has 3 aliphatic rings. The first-order valence-corrected chi connectivity index (χ1v) is 18.4. The van der Waals surface area contributed by atoms with E-state index in [9.17, 15) is 63.1 Å². The molecule has 1 aromatic heterocycles. The second-order valence-corrected chi connectivity index (χ2v) is 16.0. The van der Waals surface area contributed by atoms with Crippen molar-refractivity contribution in [2.45, 2.75) is 48.9 Å². The Labute approximate surface area is 258 Å². The number of phosphoric ester groups is 2. The summed E-state index contributed by atoms with van der Waals surface area (Å²) in [6.45, 7) is -2.27. The number of nitrogens with one attached hydrogen (secondary N) is 1. The Kier molecular flexibility index (Phi) is 11.0. The fourth-order valence-electron chi connectivity index (χ4n) is 4.43. The molecule has 2 radical (unpaired) electrons. The monoisotopic (exact) mass is 745 g/mol. The van der Waals surface area contributed by atoms with Gasteiger partial charge in [-0.05, 0) is 0 Å². The van der Waals surface area contributed by atoms with Crippen LogP contribution in [0.4, 0.5) is 17.5 Å². The Morgan fingerprint density at radius 2 is 1.35 bits per heavy atom. The smallest absolute Gasteiger partial charge is 0.388 e. The van der Waals surface area contributed by atoms with Crippen molar-refractivity contribution in [3.05, 3.63) is 10.4 Å². The lowest BCUT2D eigenvalue weighted by molar-refractivity contribution is -0.0217. The van der Waals surface area contributed by atoms with Crippen molar-refractivity contribution >= 4 is 56.6 Å². The molecule has 0 saturated carbocycles. The summed E-state index contributed by atoms with van der Waals surface area (Å²) in [5, 5.41) is 40.2. The number of hydrogen-bond acceptors (Lipinski definition) is 20. The van der Waals surface area contributed by atoms with E-state index in [0.717, 1.165) is 0 Å². The van der Waals surface area contributed by atoms with Crippen LogP contribution < -0.4 is 21.1 Å². The highest BCUT2D eigenvalue weighted by atomic mass is 31.3. The first-order chi connectivity index (χ1) is 21.0. The molecule has 3 aliphatic heterocycles. The van der Waals surface area contributed by atoms with Crippen LogP contribution in [0.25, 0.3) is 0 Å². The number of ether oxygens (including phenoxy) is 2. The number of nitrogens with zero attached hydrogens (tertiary/aromatic N) is 3. The molecule has 2 saturated heterocycles. The Hall–Kier alpha value is -1.34. The van der Waals surface area contributed by atoms with E-state index in [0.29, 0.717) is 0 Å². The number of phosphoric acid groups is 4. The van der Waals surface area contributed by atoms with E-state index in [1.54, 1.807) is 0 Å². The van der Waals surface area contributed by atoms with Crippen LogP contribution >= 0.6 is 31.3 Å². The number of nitrogen functional groups attached to an aromatic ring is 1. The number of aliphatic hydroxyl groups is 4. The number of anilines is 3. The summed E-state index contributed by atoms with van der Waals surface area (Å²) in [6.07, 6.45) is -11.4. The van der Waals surface area contributed by atoms with Crippen molar-refractivity contribution in [2.75, 3.05) is 42.5 Å². The zero-order valence-corrected chi connectivity index (χ0v) is 26.6. The van der Waals surface area contributed by atoms with Gasteiger partial charge < -0.3 is 65.0 Å². The standard InChI is InChI=1S/C16H28BN5O20P4/c1-21-4-22(13-7(21)14(27)20-16(18)19-13)15-11(26)9(24)6(39-15)3-37-44(30,31)41-46(34,35)42-45(32,33)40-43(28,29)36-2-5-8(23)10(25)12(17)38-5/h5-6,8-12,15,23-26H,2-4H2,1H3,(H,28,29)(H,30,31)(H,32,33)(H,34,35)(H3,18,19,20,27)/t5-,6-,8+,9?,10?,11?,12-,15-/m1/s1. The Morgan fingerprint density at radius 3 is 1.85 bits per heavy atom. The van der Waals surface area contributed by atoms with E-state index in [1.807, 2.05) is 0 Å². The number of H-pyrrole nitrogens is 1. The summed E-state index contributed by atoms with van der Waals surface area (Å²) in [6, 6.07) is -1.41. The molecule has 46 heavy (non-hydrogen) atoms. The van der Waals surface area contributed by atoms with Crippen LogP contribution in [0.5, 0.6) is 0 Å². The third-order valence-electron chi connectivity index (χ3n) is 6.38. The van der Waals surface area contributed by atoms with Gasteiger partial charge in [-0.3, -0.25) is 18.8 Å². The van der Waals surface area contributed by atoms with Gasteiger partial charge >= 0.3 is 31.3 Å². The predicted molar refractivity (Wildman–Crippen MR) is 147 cm³/mol. The van der Waals surface area contributed by atoms with Gasteiger partial charge in [-0.25, -0.2) is 18.3 Å². The van der Waals surface area contributed by atoms with Gasteiger partial charge in [0.05, 0.1) is 26.0 Å². The molecular formula is C16H28BN5O20P4. The number of aromatic nitrogens is 2. The number of aromatic amines is 1. The van der Waals surface area contributed by atoms with Gasteiger partial charge in [0.25, 0.3) is 5.56 Å². The van der Waals surface area contributed by atoms with Gasteiger partial charge in [0.15, 0.2) is 12.0 Å². The Balaban J connectivity index is 1.32. The molecule has 260 valence electrons. The molecule has 0 aromatic carbocycles. The second kappa shape index (κ2) is 13.5. The van der Waals surface area contributed by atoms with E-state index < -0.39 is 98.9 Å². The van der Waals surface area contributed by atoms with Gasteiger partial charge in [-0.15, -0.1) is 0 Å². The van der Waals surface area contributed by atoms with Crippen LogP contribution in [0.1, 0.15) is 0 Å². The summed E-state index contributed by atoms with van der Waals surface area (Å²) < 4.78 is 79.1. The highest BCUT2D eigenvalue weighted by Crippen LogP contribution is 2.71. The SMILES string of the molecule is [B][C@@H]1O[C@H](COP(=O)(O)OP(=O)(O)OP(=O)(O)OP(=O)(O)OC[C@H]2O[C@@H](N3CN(C)c4c3nc(N)[nH]c4=O)C(O)C2O)[C@H](O)C1O. The first-order valence-electron chi connectivity index (χ1n) is 12.4. The minimum Gasteiger partial charge on any atom is -0.388 e. The molecule has 0 bridgehead atoms. The van der Waals surface area contributed by atoms with Gasteiger partial charge in [0.1, 0.15) is 44.1 Å². The fraction of sp³-hybridized carbons (Fsp3) is 0.750. The van der Waals surface area contributed by atoms with Crippen LogP contribution in [-0.2, 0) is 49.7 Å². The van der Waals surface area contributed by atoms with Crippen molar-refractivity contribution in [3.63, 3.8) is 0 Å². The van der Waals surface area contributed by atoms with Crippen LogP contribution in [-0.4, -0.2) is 134 Å². The van der Waals surface area contributed by atoms with Crippen LogP contribution in [0.2, 0.25) is 0 Å². The fourth-order valence-corrected chi connectivity index (χ4v) is 9.38. The van der Waals surface area contributed by atoms with Crippen LogP contribution in [0, 0.1) is 0 Å². The summed E-state index contributed by atoms with van der Waals surface area (Å²) in [4.78, 5) is 60.1. The molecule has 7 unspecified atom stereocenters. The highest BCUT2D eigenvalue weighted by molar-refractivity contribution is 7.69. The minimum absolute atomic E-state index is 0.0305. The largest absolute Gasteiger partial charge is 0.490 e. The van der Waals surface area contributed by atoms with Crippen molar-refractivity contribution in [1.82, 2.24) is 9.97 Å². The van der Waals surface area contributed by atoms with Gasteiger partial charge in [-0.2, -0.15) is 17.9 Å². The predicted octanol–water partition coefficient (Wildman–Crippen LogP) is -3.89. The molecule has 1 aromatic rings. The third kappa shape index (κ3) is 8.63. The average Bonchev–Trinajstić information content (AvgIpc) is 3.45. The van der Waals surface area contributed by atoms with E-state index in [1.165, 1.54) is 16.8 Å². The summed E-state index contributed by atoms with van der Waals surface area (Å²) in [5.41, 5.74) is 5.01. The number of aliphatic hydroxyl groups excluding tert-OH is 4. The van der Waals surface area contributed by atoms with Crippen molar-refractivity contribution in [3.8, 4) is 0 Å². The molecule has 25 nitrogen and oxygen atoms in total. The quantitative estimate of drug-likeness (QED) is 0.0681. The first kappa shape index (κ1) is 37.5. The maximum absolute atomic E-state index is 12.3. The highest BCUT2D eigenvalue weighted by Gasteiger charge is 2.51. The normalized spacial score (nSPS) is 34.9. The molecule has 0 spiro atoms. The lowest BCUT2D eigenvalue weighted by atomic mass is 9.93. The molecule has 12 atom stereocenters. The summed E-state index contributed by atoms with van der Waals surface area (Å²) in [5.74, 6) is -0.306. The van der Waals surface area contributed by atoms with Gasteiger partial charge in [0, 0.05) is 13.1 Å².